The number of nitrogens with zero attached hydrogens (tertiary/aromatic N) is 2. The average Bonchev–Trinajstić information content (AvgIpc) is 2.60. The van der Waals surface area contributed by atoms with Crippen LogP contribution in [0.5, 0.6) is 0 Å². The Morgan fingerprint density at radius 1 is 1.24 bits per heavy atom. The van der Waals surface area contributed by atoms with Gasteiger partial charge in [-0.25, -0.2) is 21.6 Å². The van der Waals surface area contributed by atoms with E-state index in [0.717, 1.165) is 16.4 Å². The van der Waals surface area contributed by atoms with Crippen LogP contribution in [-0.2, 0) is 20.0 Å². The molecule has 1 aromatic carbocycles. The van der Waals surface area contributed by atoms with Gasteiger partial charge in [-0.2, -0.15) is 4.31 Å². The minimum absolute atomic E-state index is 0.0673. The van der Waals surface area contributed by atoms with Crippen molar-refractivity contribution in [2.24, 2.45) is 0 Å². The molecule has 1 aromatic rings. The van der Waals surface area contributed by atoms with Crippen LogP contribution in [0.15, 0.2) is 29.2 Å². The lowest BCUT2D eigenvalue weighted by atomic mass is 10.3. The minimum Gasteiger partial charge on any atom is -0.258 e. The van der Waals surface area contributed by atoms with E-state index in [2.05, 4.69) is 4.72 Å². The summed E-state index contributed by atoms with van der Waals surface area (Å²) in [5.41, 5.74) is -0.530. The van der Waals surface area contributed by atoms with Crippen molar-refractivity contribution in [2.45, 2.75) is 4.90 Å². The Labute approximate surface area is 121 Å². The van der Waals surface area contributed by atoms with Crippen molar-refractivity contribution in [3.63, 3.8) is 0 Å². The molecule has 0 amide bonds. The lowest BCUT2D eigenvalue weighted by molar-refractivity contribution is -0.387. The van der Waals surface area contributed by atoms with Gasteiger partial charge in [0.25, 0.3) is 5.69 Å². The highest BCUT2D eigenvalue weighted by molar-refractivity contribution is 7.90. The van der Waals surface area contributed by atoms with E-state index >= 15 is 0 Å². The number of hydrogen-bond acceptors (Lipinski definition) is 6. The Balaban J connectivity index is 2.41. The van der Waals surface area contributed by atoms with Crippen molar-refractivity contribution < 1.29 is 21.8 Å². The Hall–Kier alpha value is -1.56. The number of sulfonamides is 2. The van der Waals surface area contributed by atoms with Crippen molar-refractivity contribution in [3.05, 3.63) is 34.4 Å². The summed E-state index contributed by atoms with van der Waals surface area (Å²) in [6, 6.07) is 4.98. The van der Waals surface area contributed by atoms with Gasteiger partial charge in [0.2, 0.25) is 20.0 Å². The average molecular weight is 335 g/mol. The third-order valence-corrected chi connectivity index (χ3v) is 6.28. The quantitative estimate of drug-likeness (QED) is 0.587. The molecule has 9 nitrogen and oxygen atoms in total. The summed E-state index contributed by atoms with van der Waals surface area (Å²) in [5, 5.41) is 10.9. The molecule has 1 aliphatic rings. The van der Waals surface area contributed by atoms with Crippen LogP contribution >= 0.6 is 0 Å². The zero-order valence-electron chi connectivity index (χ0n) is 10.8. The van der Waals surface area contributed by atoms with Gasteiger partial charge in [0.15, 0.2) is 4.90 Å². The molecule has 0 aliphatic carbocycles. The lowest BCUT2D eigenvalue weighted by Crippen LogP contribution is -2.35. The number of hydrogen-bond donors (Lipinski definition) is 1. The highest BCUT2D eigenvalue weighted by Gasteiger charge is 2.33. The maximum Gasteiger partial charge on any atom is 0.289 e. The van der Waals surface area contributed by atoms with E-state index in [0.29, 0.717) is 0 Å². The molecule has 0 saturated carbocycles. The largest absolute Gasteiger partial charge is 0.289 e. The SMILES string of the molecule is O=[N+]([O-])c1ccccc1S(=O)(=O)N1CCNS(=O)(=O)CC1. The van der Waals surface area contributed by atoms with Crippen LogP contribution in [-0.4, -0.2) is 51.5 Å². The summed E-state index contributed by atoms with van der Waals surface area (Å²) in [4.78, 5) is 9.72. The minimum atomic E-state index is -4.12. The molecule has 0 radical (unpaired) electrons. The molecule has 21 heavy (non-hydrogen) atoms. The summed E-state index contributed by atoms with van der Waals surface area (Å²) in [7, 11) is -7.64. The van der Waals surface area contributed by atoms with E-state index in [4.69, 9.17) is 0 Å². The molecule has 1 fully saturated rings. The predicted molar refractivity (Wildman–Crippen MR) is 73.6 cm³/mol. The molecule has 11 heteroatoms. The van der Waals surface area contributed by atoms with Crippen LogP contribution in [0, 0.1) is 10.1 Å². The first-order chi connectivity index (χ1) is 9.74. The van der Waals surface area contributed by atoms with Gasteiger partial charge >= 0.3 is 0 Å². The molecule has 0 bridgehead atoms. The van der Waals surface area contributed by atoms with E-state index in [1.54, 1.807) is 0 Å². The van der Waals surface area contributed by atoms with Gasteiger partial charge in [-0.15, -0.1) is 0 Å². The standard InChI is InChI=1S/C10H13N3O6S2/c14-13(15)9-3-1-2-4-10(9)21(18,19)12-6-5-11-20(16,17)8-7-12/h1-4,11H,5-8H2. The first-order valence-electron chi connectivity index (χ1n) is 5.95. The van der Waals surface area contributed by atoms with Crippen LogP contribution in [0.3, 0.4) is 0 Å². The maximum absolute atomic E-state index is 12.5. The molecule has 1 saturated heterocycles. The lowest BCUT2D eigenvalue weighted by Gasteiger charge is -2.18. The smallest absolute Gasteiger partial charge is 0.258 e. The number of nitrogens with one attached hydrogen (secondary N) is 1. The number of rotatable bonds is 3. The third-order valence-electron chi connectivity index (χ3n) is 2.97. The van der Waals surface area contributed by atoms with E-state index in [-0.39, 0.29) is 25.4 Å². The van der Waals surface area contributed by atoms with Gasteiger partial charge < -0.3 is 0 Å². The summed E-state index contributed by atoms with van der Waals surface area (Å²) >= 11 is 0. The topological polar surface area (TPSA) is 127 Å². The molecule has 1 heterocycles. The van der Waals surface area contributed by atoms with Gasteiger partial charge in [0.05, 0.1) is 10.7 Å². The monoisotopic (exact) mass is 335 g/mol. The van der Waals surface area contributed by atoms with Crippen molar-refractivity contribution in [1.82, 2.24) is 9.03 Å². The second-order valence-corrected chi connectivity index (χ2v) is 8.17. The summed E-state index contributed by atoms with van der Waals surface area (Å²) in [6.45, 7) is -0.389. The molecule has 0 unspecified atom stereocenters. The van der Waals surface area contributed by atoms with Gasteiger partial charge in [0.1, 0.15) is 0 Å². The number of para-hydroxylation sites is 1. The maximum atomic E-state index is 12.5. The molecule has 0 aromatic heterocycles. The van der Waals surface area contributed by atoms with Crippen molar-refractivity contribution in [2.75, 3.05) is 25.4 Å². The summed E-state index contributed by atoms with van der Waals surface area (Å²) in [6.07, 6.45) is 0. The Bertz CT molecular complexity index is 759. The Morgan fingerprint density at radius 2 is 1.90 bits per heavy atom. The molecule has 0 spiro atoms. The van der Waals surface area contributed by atoms with Gasteiger partial charge in [0, 0.05) is 25.7 Å². The molecule has 116 valence electrons. The second kappa shape index (κ2) is 5.67. The number of benzene rings is 1. The molecular formula is C10H13N3O6S2. The van der Waals surface area contributed by atoms with Crippen molar-refractivity contribution in [1.29, 1.82) is 0 Å². The van der Waals surface area contributed by atoms with Gasteiger partial charge in [-0.1, -0.05) is 12.1 Å². The van der Waals surface area contributed by atoms with Gasteiger partial charge in [-0.3, -0.25) is 10.1 Å². The summed E-state index contributed by atoms with van der Waals surface area (Å²) in [5.74, 6) is -0.382. The van der Waals surface area contributed by atoms with Crippen molar-refractivity contribution in [3.8, 4) is 0 Å². The molecular weight excluding hydrogens is 322 g/mol. The van der Waals surface area contributed by atoms with E-state index in [1.165, 1.54) is 12.1 Å². The molecule has 1 N–H and O–H groups in total. The van der Waals surface area contributed by atoms with Crippen LogP contribution < -0.4 is 4.72 Å². The fourth-order valence-electron chi connectivity index (χ4n) is 1.94. The van der Waals surface area contributed by atoms with Gasteiger partial charge in [-0.05, 0) is 6.07 Å². The van der Waals surface area contributed by atoms with Crippen LogP contribution in [0.4, 0.5) is 5.69 Å². The van der Waals surface area contributed by atoms with Crippen LogP contribution in [0.2, 0.25) is 0 Å². The van der Waals surface area contributed by atoms with E-state index in [1.807, 2.05) is 0 Å². The number of nitro groups is 1. The third kappa shape index (κ3) is 3.37. The summed E-state index contributed by atoms with van der Waals surface area (Å²) < 4.78 is 51.0. The number of nitro benzene ring substituents is 1. The Kier molecular flexibility index (Phi) is 4.27. The first kappa shape index (κ1) is 15.8. The second-order valence-electron chi connectivity index (χ2n) is 4.34. The highest BCUT2D eigenvalue weighted by Crippen LogP contribution is 2.26. The zero-order chi connectivity index (χ0) is 15.7. The first-order valence-corrected chi connectivity index (χ1v) is 9.04. The van der Waals surface area contributed by atoms with E-state index < -0.39 is 35.6 Å². The van der Waals surface area contributed by atoms with Crippen LogP contribution in [0.1, 0.15) is 0 Å². The fraction of sp³-hybridized carbons (Fsp3) is 0.400. The van der Waals surface area contributed by atoms with Crippen LogP contribution in [0.25, 0.3) is 0 Å². The van der Waals surface area contributed by atoms with Crippen molar-refractivity contribution >= 4 is 25.7 Å². The predicted octanol–water partition coefficient (Wildman–Crippen LogP) is -0.482. The Morgan fingerprint density at radius 3 is 2.57 bits per heavy atom. The zero-order valence-corrected chi connectivity index (χ0v) is 12.4. The fourth-order valence-corrected chi connectivity index (χ4v) is 4.66. The molecule has 0 atom stereocenters. The molecule has 1 aliphatic heterocycles. The highest BCUT2D eigenvalue weighted by atomic mass is 32.2. The van der Waals surface area contributed by atoms with E-state index in [9.17, 15) is 26.9 Å². The molecule has 2 rings (SSSR count). The normalized spacial score (nSPS) is 19.8.